The molecule has 0 saturated heterocycles. The van der Waals surface area contributed by atoms with Crippen LogP contribution >= 0.6 is 0 Å². The van der Waals surface area contributed by atoms with E-state index < -0.39 is 0 Å². The number of hydrogen-bond donors (Lipinski definition) is 1. The monoisotopic (exact) mass is 275 g/mol. The molecule has 0 atom stereocenters. The Labute approximate surface area is 121 Å². The highest BCUT2D eigenvalue weighted by atomic mass is 16.5. The maximum Gasteiger partial charge on any atom is 0.193 e. The van der Waals surface area contributed by atoms with Gasteiger partial charge in [0.2, 0.25) is 0 Å². The topological polar surface area (TPSA) is 36.9 Å². The van der Waals surface area contributed by atoms with Crippen molar-refractivity contribution in [2.75, 3.05) is 33.3 Å². The fourth-order valence-corrected chi connectivity index (χ4v) is 2.26. The average molecular weight is 275 g/mol. The number of likely N-dealkylation sites (N-methyl/N-ethyl adjacent to an activating group) is 1. The van der Waals surface area contributed by atoms with E-state index in [1.54, 1.807) is 0 Å². The second-order valence-corrected chi connectivity index (χ2v) is 6.15. The van der Waals surface area contributed by atoms with Crippen LogP contribution in [0.4, 0.5) is 0 Å². The van der Waals surface area contributed by atoms with Gasteiger partial charge in [0, 0.05) is 13.6 Å². The van der Waals surface area contributed by atoms with Gasteiger partial charge in [-0.2, -0.15) is 0 Å². The van der Waals surface area contributed by atoms with Crippen molar-refractivity contribution in [1.29, 1.82) is 0 Å². The second kappa shape index (κ2) is 6.16. The lowest BCUT2D eigenvalue weighted by Gasteiger charge is -2.23. The Morgan fingerprint density at radius 1 is 1.30 bits per heavy atom. The number of nitrogens with zero attached hydrogens (tertiary/aromatic N) is 2. The molecular formula is C16H25N3O. The van der Waals surface area contributed by atoms with Crippen molar-refractivity contribution in [2.45, 2.75) is 26.2 Å². The van der Waals surface area contributed by atoms with Gasteiger partial charge in [-0.25, -0.2) is 0 Å². The first kappa shape index (κ1) is 14.7. The van der Waals surface area contributed by atoms with Crippen LogP contribution in [0.25, 0.3) is 0 Å². The van der Waals surface area contributed by atoms with Crippen molar-refractivity contribution in [2.24, 2.45) is 4.99 Å². The van der Waals surface area contributed by atoms with Crippen LogP contribution in [0.1, 0.15) is 26.3 Å². The number of aliphatic imine (C=N–C) groups is 1. The van der Waals surface area contributed by atoms with E-state index in [-0.39, 0.29) is 5.41 Å². The smallest absolute Gasteiger partial charge is 0.193 e. The quantitative estimate of drug-likeness (QED) is 0.856. The van der Waals surface area contributed by atoms with E-state index in [0.717, 1.165) is 31.3 Å². The highest BCUT2D eigenvalue weighted by Crippen LogP contribution is 2.30. The van der Waals surface area contributed by atoms with E-state index in [0.29, 0.717) is 6.61 Å². The molecule has 1 N–H and O–H groups in total. The van der Waals surface area contributed by atoms with Gasteiger partial charge in [-0.3, -0.25) is 4.99 Å². The van der Waals surface area contributed by atoms with Gasteiger partial charge >= 0.3 is 0 Å². The van der Waals surface area contributed by atoms with Crippen LogP contribution in [-0.4, -0.2) is 44.1 Å². The van der Waals surface area contributed by atoms with Gasteiger partial charge in [-0.1, -0.05) is 39.0 Å². The molecule has 1 aromatic rings. The van der Waals surface area contributed by atoms with Crippen molar-refractivity contribution in [3.63, 3.8) is 0 Å². The predicted molar refractivity (Wildman–Crippen MR) is 83.6 cm³/mol. The van der Waals surface area contributed by atoms with Crippen LogP contribution in [0.2, 0.25) is 0 Å². The van der Waals surface area contributed by atoms with Gasteiger partial charge in [-0.15, -0.1) is 0 Å². The molecule has 0 saturated carbocycles. The van der Waals surface area contributed by atoms with Crippen molar-refractivity contribution in [3.8, 4) is 5.75 Å². The van der Waals surface area contributed by atoms with E-state index in [1.165, 1.54) is 5.56 Å². The minimum atomic E-state index is 0.0970. The van der Waals surface area contributed by atoms with Crippen LogP contribution in [0.15, 0.2) is 29.3 Å². The van der Waals surface area contributed by atoms with Gasteiger partial charge in [0.25, 0.3) is 0 Å². The normalized spacial score (nSPS) is 15.2. The van der Waals surface area contributed by atoms with E-state index >= 15 is 0 Å². The third-order valence-electron chi connectivity index (χ3n) is 3.40. The molecule has 1 heterocycles. The van der Waals surface area contributed by atoms with Gasteiger partial charge in [-0.05, 0) is 17.0 Å². The molecule has 20 heavy (non-hydrogen) atoms. The van der Waals surface area contributed by atoms with Crippen LogP contribution in [0, 0.1) is 0 Å². The van der Waals surface area contributed by atoms with Crippen LogP contribution < -0.4 is 10.1 Å². The molecule has 4 heteroatoms. The van der Waals surface area contributed by atoms with Crippen molar-refractivity contribution >= 4 is 5.96 Å². The van der Waals surface area contributed by atoms with Crippen LogP contribution in [-0.2, 0) is 5.41 Å². The van der Waals surface area contributed by atoms with E-state index in [4.69, 9.17) is 4.74 Å². The summed E-state index contributed by atoms with van der Waals surface area (Å²) in [7, 11) is 2.05. The Bertz CT molecular complexity index is 477. The van der Waals surface area contributed by atoms with Crippen LogP contribution in [0.3, 0.4) is 0 Å². The number of hydrogen-bond acceptors (Lipinski definition) is 4. The molecule has 0 aromatic heterocycles. The lowest BCUT2D eigenvalue weighted by atomic mass is 9.86. The number of para-hydroxylation sites is 1. The fraction of sp³-hybridized carbons (Fsp3) is 0.562. The van der Waals surface area contributed by atoms with Crippen LogP contribution in [0.5, 0.6) is 5.75 Å². The summed E-state index contributed by atoms with van der Waals surface area (Å²) >= 11 is 0. The summed E-state index contributed by atoms with van der Waals surface area (Å²) in [6.07, 6.45) is 0. The molecule has 2 rings (SSSR count). The SMILES string of the molecule is CN1CCN=C1NCCOc1ccccc1C(C)(C)C. The lowest BCUT2D eigenvalue weighted by Crippen LogP contribution is -2.37. The summed E-state index contributed by atoms with van der Waals surface area (Å²) in [4.78, 5) is 6.52. The lowest BCUT2D eigenvalue weighted by molar-refractivity contribution is 0.311. The average Bonchev–Trinajstić information content (AvgIpc) is 2.80. The molecule has 1 aliphatic heterocycles. The Morgan fingerprint density at radius 2 is 2.05 bits per heavy atom. The summed E-state index contributed by atoms with van der Waals surface area (Å²) in [5.74, 6) is 1.95. The number of nitrogens with one attached hydrogen (secondary N) is 1. The van der Waals surface area contributed by atoms with Crippen molar-refractivity contribution < 1.29 is 4.74 Å². The molecule has 0 fully saturated rings. The molecule has 0 spiro atoms. The molecule has 4 nitrogen and oxygen atoms in total. The number of benzene rings is 1. The zero-order valence-electron chi connectivity index (χ0n) is 12.9. The third kappa shape index (κ3) is 3.65. The van der Waals surface area contributed by atoms with Crippen molar-refractivity contribution in [3.05, 3.63) is 29.8 Å². The Hall–Kier alpha value is -1.71. The highest BCUT2D eigenvalue weighted by molar-refractivity contribution is 5.81. The third-order valence-corrected chi connectivity index (χ3v) is 3.40. The Kier molecular flexibility index (Phi) is 4.53. The first-order valence-electron chi connectivity index (χ1n) is 7.20. The fourth-order valence-electron chi connectivity index (χ4n) is 2.26. The summed E-state index contributed by atoms with van der Waals surface area (Å²) in [6.45, 7) is 9.89. The van der Waals surface area contributed by atoms with Gasteiger partial charge < -0.3 is 15.0 Å². The molecule has 1 aliphatic rings. The minimum absolute atomic E-state index is 0.0970. The van der Waals surface area contributed by atoms with Gasteiger partial charge in [0.1, 0.15) is 12.4 Å². The number of ether oxygens (including phenoxy) is 1. The molecule has 0 unspecified atom stereocenters. The number of guanidine groups is 1. The molecule has 110 valence electrons. The minimum Gasteiger partial charge on any atom is -0.491 e. The maximum atomic E-state index is 5.92. The number of rotatable bonds is 4. The summed E-state index contributed by atoms with van der Waals surface area (Å²) in [5, 5.41) is 3.31. The second-order valence-electron chi connectivity index (χ2n) is 6.15. The molecule has 0 aliphatic carbocycles. The van der Waals surface area contributed by atoms with Gasteiger partial charge in [0.05, 0.1) is 13.1 Å². The first-order valence-corrected chi connectivity index (χ1v) is 7.20. The van der Waals surface area contributed by atoms with E-state index in [2.05, 4.69) is 55.2 Å². The first-order chi connectivity index (χ1) is 9.48. The summed E-state index contributed by atoms with van der Waals surface area (Å²) < 4.78 is 5.92. The summed E-state index contributed by atoms with van der Waals surface area (Å²) in [5.41, 5.74) is 1.34. The Balaban J connectivity index is 1.85. The van der Waals surface area contributed by atoms with E-state index in [1.807, 2.05) is 12.1 Å². The molecule has 0 amide bonds. The maximum absolute atomic E-state index is 5.92. The molecule has 0 radical (unpaired) electrons. The van der Waals surface area contributed by atoms with E-state index in [9.17, 15) is 0 Å². The largest absolute Gasteiger partial charge is 0.491 e. The summed E-state index contributed by atoms with van der Waals surface area (Å²) in [6, 6.07) is 8.26. The molecular weight excluding hydrogens is 250 g/mol. The Morgan fingerprint density at radius 3 is 2.70 bits per heavy atom. The standard InChI is InChI=1S/C16H25N3O/c1-16(2,3)13-7-5-6-8-14(13)20-12-10-18-15-17-9-11-19(15)4/h5-8H,9-12H2,1-4H3,(H,17,18). The highest BCUT2D eigenvalue weighted by Gasteiger charge is 2.18. The zero-order chi connectivity index (χ0) is 14.6. The molecule has 1 aromatic carbocycles. The van der Waals surface area contributed by atoms with Crippen molar-refractivity contribution in [1.82, 2.24) is 10.2 Å². The van der Waals surface area contributed by atoms with Gasteiger partial charge in [0.15, 0.2) is 5.96 Å². The predicted octanol–water partition coefficient (Wildman–Crippen LogP) is 2.25. The zero-order valence-corrected chi connectivity index (χ0v) is 12.9. The molecule has 0 bridgehead atoms.